The molecule has 22 heavy (non-hydrogen) atoms. The van der Waals surface area contributed by atoms with Gasteiger partial charge in [0.15, 0.2) is 5.78 Å². The van der Waals surface area contributed by atoms with Gasteiger partial charge in [-0.2, -0.15) is 0 Å². The van der Waals surface area contributed by atoms with E-state index >= 15 is 0 Å². The van der Waals surface area contributed by atoms with E-state index in [1.807, 2.05) is 12.1 Å². The first-order chi connectivity index (χ1) is 10.7. The van der Waals surface area contributed by atoms with Gasteiger partial charge in [0, 0.05) is 22.1 Å². The predicted octanol–water partition coefficient (Wildman–Crippen LogP) is 4.34. The van der Waals surface area contributed by atoms with Crippen molar-refractivity contribution in [3.63, 3.8) is 0 Å². The number of ether oxygens (including phenoxy) is 2. The summed E-state index contributed by atoms with van der Waals surface area (Å²) in [6.45, 7) is 0. The first kappa shape index (κ1) is 14.6. The molecule has 2 aromatic carbocycles. The highest BCUT2D eigenvalue weighted by Crippen LogP contribution is 2.29. The van der Waals surface area contributed by atoms with Gasteiger partial charge in [0.2, 0.25) is 0 Å². The molecule has 0 saturated carbocycles. The molecule has 0 aliphatic carbocycles. The molecule has 0 radical (unpaired) electrons. The van der Waals surface area contributed by atoms with Gasteiger partial charge in [-0.05, 0) is 29.7 Å². The summed E-state index contributed by atoms with van der Waals surface area (Å²) in [5.74, 6) is 1.27. The zero-order valence-electron chi connectivity index (χ0n) is 12.5. The van der Waals surface area contributed by atoms with E-state index < -0.39 is 0 Å². The van der Waals surface area contributed by atoms with Crippen molar-refractivity contribution in [1.82, 2.24) is 0 Å². The molecule has 3 rings (SSSR count). The minimum Gasteiger partial charge on any atom is -0.497 e. The van der Waals surface area contributed by atoms with E-state index in [0.717, 1.165) is 4.88 Å². The highest BCUT2D eigenvalue weighted by atomic mass is 32.1. The van der Waals surface area contributed by atoms with E-state index in [4.69, 9.17) is 9.47 Å². The van der Waals surface area contributed by atoms with Crippen LogP contribution in [-0.2, 0) is 6.42 Å². The second kappa shape index (κ2) is 6.20. The maximum absolute atomic E-state index is 12.6. The fourth-order valence-electron chi connectivity index (χ4n) is 2.41. The van der Waals surface area contributed by atoms with Crippen LogP contribution in [0.5, 0.6) is 11.5 Å². The van der Waals surface area contributed by atoms with E-state index in [2.05, 4.69) is 18.2 Å². The van der Waals surface area contributed by atoms with Crippen LogP contribution in [0.15, 0.2) is 48.5 Å². The summed E-state index contributed by atoms with van der Waals surface area (Å²) in [6, 6.07) is 15.5. The molecule has 0 bridgehead atoms. The Labute approximate surface area is 133 Å². The maximum atomic E-state index is 12.6. The van der Waals surface area contributed by atoms with Gasteiger partial charge in [-0.15, -0.1) is 11.3 Å². The molecular formula is C18H16O3S. The zero-order chi connectivity index (χ0) is 15.5. The highest BCUT2D eigenvalue weighted by molar-refractivity contribution is 7.19. The van der Waals surface area contributed by atoms with Crippen LogP contribution < -0.4 is 9.47 Å². The van der Waals surface area contributed by atoms with Crippen LogP contribution in [0.25, 0.3) is 10.1 Å². The first-order valence-corrected chi connectivity index (χ1v) is 7.75. The normalized spacial score (nSPS) is 10.6. The molecule has 0 unspecified atom stereocenters. The molecule has 3 nitrogen and oxygen atoms in total. The third-order valence-corrected chi connectivity index (χ3v) is 4.64. The first-order valence-electron chi connectivity index (χ1n) is 6.94. The molecule has 1 heterocycles. The third kappa shape index (κ3) is 2.83. The van der Waals surface area contributed by atoms with Crippen LogP contribution in [0, 0.1) is 0 Å². The third-order valence-electron chi connectivity index (χ3n) is 3.52. The van der Waals surface area contributed by atoms with Gasteiger partial charge in [-0.3, -0.25) is 4.79 Å². The van der Waals surface area contributed by atoms with E-state index in [1.165, 1.54) is 10.1 Å². The average Bonchev–Trinajstić information content (AvgIpc) is 2.96. The zero-order valence-corrected chi connectivity index (χ0v) is 13.3. The van der Waals surface area contributed by atoms with Crippen molar-refractivity contribution in [3.05, 3.63) is 59.0 Å². The molecule has 112 valence electrons. The standard InChI is InChI=1S/C18H16O3S/c1-20-13-7-8-15(17(10-13)21-2)16(19)11-14-9-12-5-3-4-6-18(12)22-14/h3-10H,11H2,1-2H3. The van der Waals surface area contributed by atoms with Gasteiger partial charge < -0.3 is 9.47 Å². The number of benzene rings is 2. The number of methoxy groups -OCH3 is 2. The summed E-state index contributed by atoms with van der Waals surface area (Å²) in [6.07, 6.45) is 0.377. The average molecular weight is 312 g/mol. The minimum absolute atomic E-state index is 0.0473. The summed E-state index contributed by atoms with van der Waals surface area (Å²) in [7, 11) is 3.15. The molecule has 0 fully saturated rings. The van der Waals surface area contributed by atoms with Gasteiger partial charge in [0.1, 0.15) is 11.5 Å². The number of hydrogen-bond donors (Lipinski definition) is 0. The fraction of sp³-hybridized carbons (Fsp3) is 0.167. The quantitative estimate of drug-likeness (QED) is 0.657. The SMILES string of the molecule is COc1ccc(C(=O)Cc2cc3ccccc3s2)c(OC)c1. The summed E-state index contributed by atoms with van der Waals surface area (Å²) in [5, 5.41) is 1.18. The van der Waals surface area contributed by atoms with Crippen LogP contribution in [-0.4, -0.2) is 20.0 Å². The summed E-state index contributed by atoms with van der Waals surface area (Å²) in [5.41, 5.74) is 0.584. The van der Waals surface area contributed by atoms with Gasteiger partial charge in [-0.1, -0.05) is 18.2 Å². The summed E-state index contributed by atoms with van der Waals surface area (Å²) < 4.78 is 11.7. The maximum Gasteiger partial charge on any atom is 0.171 e. The molecule has 0 amide bonds. The number of rotatable bonds is 5. The fourth-order valence-corrected chi connectivity index (χ4v) is 3.47. The van der Waals surface area contributed by atoms with Crippen molar-refractivity contribution in [3.8, 4) is 11.5 Å². The topological polar surface area (TPSA) is 35.5 Å². The molecule has 0 aliphatic rings. The van der Waals surface area contributed by atoms with Gasteiger partial charge in [0.25, 0.3) is 0 Å². The Kier molecular flexibility index (Phi) is 4.11. The Morgan fingerprint density at radius 3 is 2.59 bits per heavy atom. The Morgan fingerprint density at radius 2 is 1.86 bits per heavy atom. The summed E-state index contributed by atoms with van der Waals surface area (Å²) in [4.78, 5) is 13.6. The minimum atomic E-state index is 0.0473. The second-order valence-corrected chi connectivity index (χ2v) is 6.09. The molecule has 4 heteroatoms. The molecule has 0 aliphatic heterocycles. The molecule has 0 N–H and O–H groups in total. The smallest absolute Gasteiger partial charge is 0.171 e. The van der Waals surface area contributed by atoms with Crippen molar-refractivity contribution in [1.29, 1.82) is 0 Å². The highest BCUT2D eigenvalue weighted by Gasteiger charge is 2.15. The van der Waals surface area contributed by atoms with Gasteiger partial charge in [0.05, 0.1) is 19.8 Å². The van der Waals surface area contributed by atoms with Crippen LogP contribution in [0.2, 0.25) is 0 Å². The Hall–Kier alpha value is -2.33. The number of ketones is 1. The molecule has 0 atom stereocenters. The lowest BCUT2D eigenvalue weighted by Crippen LogP contribution is -2.05. The second-order valence-electron chi connectivity index (χ2n) is 4.92. The van der Waals surface area contributed by atoms with Crippen molar-refractivity contribution >= 4 is 27.2 Å². The lowest BCUT2D eigenvalue weighted by Gasteiger charge is -2.09. The predicted molar refractivity (Wildman–Crippen MR) is 89.4 cm³/mol. The van der Waals surface area contributed by atoms with Crippen molar-refractivity contribution in [2.24, 2.45) is 0 Å². The summed E-state index contributed by atoms with van der Waals surface area (Å²) >= 11 is 1.66. The molecular weight excluding hydrogens is 296 g/mol. The van der Waals surface area contributed by atoms with E-state index in [0.29, 0.717) is 23.5 Å². The number of carbonyl (C=O) groups excluding carboxylic acids is 1. The Balaban J connectivity index is 1.87. The van der Waals surface area contributed by atoms with Crippen molar-refractivity contribution in [2.45, 2.75) is 6.42 Å². The van der Waals surface area contributed by atoms with E-state index in [9.17, 15) is 4.79 Å². The van der Waals surface area contributed by atoms with Crippen molar-refractivity contribution < 1.29 is 14.3 Å². The number of fused-ring (bicyclic) bond motifs is 1. The number of carbonyl (C=O) groups is 1. The van der Waals surface area contributed by atoms with Crippen molar-refractivity contribution in [2.75, 3.05) is 14.2 Å². The van der Waals surface area contributed by atoms with Crippen LogP contribution in [0.4, 0.5) is 0 Å². The van der Waals surface area contributed by atoms with Crippen LogP contribution in [0.1, 0.15) is 15.2 Å². The lowest BCUT2D eigenvalue weighted by molar-refractivity contribution is 0.0991. The molecule has 3 aromatic rings. The van der Waals surface area contributed by atoms with Crippen LogP contribution >= 0.6 is 11.3 Å². The molecule has 0 saturated heterocycles. The largest absolute Gasteiger partial charge is 0.497 e. The Bertz CT molecular complexity index is 787. The number of hydrogen-bond acceptors (Lipinski definition) is 4. The van der Waals surface area contributed by atoms with Gasteiger partial charge >= 0.3 is 0 Å². The number of Topliss-reactive ketones (excluding diaryl/α,β-unsaturated/α-hetero) is 1. The van der Waals surface area contributed by atoms with Crippen LogP contribution in [0.3, 0.4) is 0 Å². The molecule has 1 aromatic heterocycles. The van der Waals surface area contributed by atoms with E-state index in [1.54, 1.807) is 43.8 Å². The Morgan fingerprint density at radius 1 is 1.05 bits per heavy atom. The van der Waals surface area contributed by atoms with Gasteiger partial charge in [-0.25, -0.2) is 0 Å². The monoisotopic (exact) mass is 312 g/mol. The lowest BCUT2D eigenvalue weighted by atomic mass is 10.1. The molecule has 0 spiro atoms. The van der Waals surface area contributed by atoms with E-state index in [-0.39, 0.29) is 5.78 Å². The number of thiophene rings is 1.